The second-order valence-corrected chi connectivity index (χ2v) is 8.04. The minimum absolute atomic E-state index is 0.279. The van der Waals surface area contributed by atoms with Crippen LogP contribution in [-0.4, -0.2) is 33.8 Å². The van der Waals surface area contributed by atoms with Crippen LogP contribution in [0.4, 0.5) is 5.69 Å². The van der Waals surface area contributed by atoms with Crippen molar-refractivity contribution in [2.75, 3.05) is 19.5 Å². The second-order valence-electron chi connectivity index (χ2n) is 8.04. The summed E-state index contributed by atoms with van der Waals surface area (Å²) in [7, 11) is 4.79. The van der Waals surface area contributed by atoms with E-state index < -0.39 is 17.2 Å². The Kier molecular flexibility index (Phi) is 6.02. The predicted molar refractivity (Wildman–Crippen MR) is 130 cm³/mol. The van der Waals surface area contributed by atoms with Gasteiger partial charge in [0.15, 0.2) is 11.5 Å². The molecule has 2 aromatic carbocycles. The van der Waals surface area contributed by atoms with Crippen molar-refractivity contribution in [3.05, 3.63) is 80.6 Å². The fourth-order valence-electron chi connectivity index (χ4n) is 3.99. The van der Waals surface area contributed by atoms with Crippen LogP contribution < -0.4 is 26.0 Å². The lowest BCUT2D eigenvalue weighted by Gasteiger charge is -2.14. The van der Waals surface area contributed by atoms with E-state index in [1.165, 1.54) is 18.8 Å². The molecule has 1 N–H and O–H groups in total. The number of methoxy groups -OCH3 is 2. The van der Waals surface area contributed by atoms with Crippen LogP contribution in [0.5, 0.6) is 11.5 Å². The Morgan fingerprint density at radius 3 is 2.38 bits per heavy atom. The van der Waals surface area contributed by atoms with Gasteiger partial charge in [0.2, 0.25) is 5.91 Å². The summed E-state index contributed by atoms with van der Waals surface area (Å²) in [4.78, 5) is 39.8. The van der Waals surface area contributed by atoms with Crippen LogP contribution in [0.1, 0.15) is 11.3 Å². The molecule has 2 heterocycles. The highest BCUT2D eigenvalue weighted by Gasteiger charge is 2.20. The van der Waals surface area contributed by atoms with Gasteiger partial charge < -0.3 is 19.4 Å². The molecule has 4 aromatic rings. The van der Waals surface area contributed by atoms with E-state index in [-0.39, 0.29) is 6.54 Å². The number of carbonyl (C=O) groups is 1. The van der Waals surface area contributed by atoms with Gasteiger partial charge in [0.1, 0.15) is 12.1 Å². The molecule has 4 rings (SSSR count). The Morgan fingerprint density at radius 1 is 0.971 bits per heavy atom. The smallest absolute Gasteiger partial charge is 0.336 e. The third-order valence-electron chi connectivity index (χ3n) is 5.80. The average molecular weight is 463 g/mol. The lowest BCUT2D eigenvalue weighted by Crippen LogP contribution is -2.41. The Balaban J connectivity index is 1.81. The first-order chi connectivity index (χ1) is 16.2. The number of nitrogens with one attached hydrogen (secondary N) is 1. The minimum Gasteiger partial charge on any atom is -0.493 e. The first-order valence-electron chi connectivity index (χ1n) is 10.7. The van der Waals surface area contributed by atoms with Gasteiger partial charge in [-0.05, 0) is 49.7 Å². The number of carbonyl (C=O) groups excluding carboxylic acids is 1. The van der Waals surface area contributed by atoms with Gasteiger partial charge in [-0.2, -0.15) is 0 Å². The molecular formula is C25H26N4O5. The van der Waals surface area contributed by atoms with Crippen LogP contribution in [0.3, 0.4) is 0 Å². The van der Waals surface area contributed by atoms with E-state index >= 15 is 0 Å². The van der Waals surface area contributed by atoms with Crippen molar-refractivity contribution >= 4 is 22.6 Å². The van der Waals surface area contributed by atoms with E-state index in [1.54, 1.807) is 54.1 Å². The fraction of sp³-hybridized carbons (Fsp3) is 0.240. The molecule has 0 spiro atoms. The van der Waals surface area contributed by atoms with E-state index in [9.17, 15) is 14.4 Å². The first kappa shape index (κ1) is 22.9. The van der Waals surface area contributed by atoms with Gasteiger partial charge in [0, 0.05) is 24.5 Å². The monoisotopic (exact) mass is 462 g/mol. The zero-order valence-corrected chi connectivity index (χ0v) is 19.7. The third-order valence-corrected chi connectivity index (χ3v) is 5.80. The summed E-state index contributed by atoms with van der Waals surface area (Å²) >= 11 is 0. The molecule has 0 atom stereocenters. The molecule has 0 fully saturated rings. The molecule has 0 radical (unpaired) electrons. The molecule has 0 aliphatic carbocycles. The van der Waals surface area contributed by atoms with Crippen LogP contribution >= 0.6 is 0 Å². The Bertz CT molecular complexity index is 1530. The Hall–Kier alpha value is -4.27. The predicted octanol–water partition coefficient (Wildman–Crippen LogP) is 2.76. The minimum atomic E-state index is -0.587. The number of rotatable bonds is 6. The number of fused-ring (bicyclic) bond motifs is 1. The van der Waals surface area contributed by atoms with E-state index in [1.807, 2.05) is 19.9 Å². The molecule has 2 aromatic heterocycles. The summed E-state index contributed by atoms with van der Waals surface area (Å²) in [5, 5.41) is 2.78. The van der Waals surface area contributed by atoms with Crippen molar-refractivity contribution in [1.82, 2.24) is 13.7 Å². The van der Waals surface area contributed by atoms with Crippen molar-refractivity contribution in [2.45, 2.75) is 20.4 Å². The van der Waals surface area contributed by atoms with Crippen molar-refractivity contribution in [3.8, 4) is 17.2 Å². The molecule has 176 valence electrons. The number of hydrogen-bond acceptors (Lipinski definition) is 5. The zero-order valence-electron chi connectivity index (χ0n) is 19.7. The summed E-state index contributed by atoms with van der Waals surface area (Å²) in [5.41, 5.74) is 2.37. The van der Waals surface area contributed by atoms with Crippen LogP contribution in [-0.2, 0) is 18.4 Å². The molecule has 0 aliphatic rings. The van der Waals surface area contributed by atoms with Crippen LogP contribution in [0.2, 0.25) is 0 Å². The largest absolute Gasteiger partial charge is 0.493 e. The van der Waals surface area contributed by atoms with Gasteiger partial charge >= 0.3 is 5.69 Å². The summed E-state index contributed by atoms with van der Waals surface area (Å²) in [5.74, 6) is 0.571. The zero-order chi connectivity index (χ0) is 24.6. The maximum atomic E-state index is 13.5. The quantitative estimate of drug-likeness (QED) is 0.475. The molecule has 0 saturated heterocycles. The number of ether oxygens (including phenoxy) is 2. The molecule has 0 saturated carbocycles. The molecular weight excluding hydrogens is 436 g/mol. The Labute approximate surface area is 195 Å². The van der Waals surface area contributed by atoms with E-state index in [2.05, 4.69) is 5.32 Å². The Morgan fingerprint density at radius 2 is 1.71 bits per heavy atom. The van der Waals surface area contributed by atoms with Crippen LogP contribution in [0.25, 0.3) is 16.7 Å². The highest BCUT2D eigenvalue weighted by atomic mass is 16.5. The highest BCUT2D eigenvalue weighted by molar-refractivity contribution is 5.92. The van der Waals surface area contributed by atoms with E-state index in [4.69, 9.17) is 9.47 Å². The SMILES string of the molecule is COc1ccc(NC(=O)Cn2c(=O)n(-c3cccc(C)c3)c(=O)c3c2cc(C)n3C)cc1OC. The maximum Gasteiger partial charge on any atom is 0.336 e. The summed E-state index contributed by atoms with van der Waals surface area (Å²) in [6, 6.07) is 13.9. The number of benzene rings is 2. The summed E-state index contributed by atoms with van der Waals surface area (Å²) in [6.45, 7) is 3.45. The molecule has 0 bridgehead atoms. The topological polar surface area (TPSA) is 96.5 Å². The molecule has 1 amide bonds. The van der Waals surface area contributed by atoms with Gasteiger partial charge in [-0.15, -0.1) is 0 Å². The number of aromatic nitrogens is 3. The van der Waals surface area contributed by atoms with E-state index in [0.29, 0.717) is 33.9 Å². The first-order valence-corrected chi connectivity index (χ1v) is 10.7. The number of aryl methyl sites for hydroxylation is 3. The molecule has 34 heavy (non-hydrogen) atoms. The number of amides is 1. The van der Waals surface area contributed by atoms with Crippen molar-refractivity contribution in [3.63, 3.8) is 0 Å². The van der Waals surface area contributed by atoms with Crippen LogP contribution in [0.15, 0.2) is 58.1 Å². The summed E-state index contributed by atoms with van der Waals surface area (Å²) in [6.07, 6.45) is 0. The van der Waals surface area contributed by atoms with Crippen molar-refractivity contribution in [1.29, 1.82) is 0 Å². The number of hydrogen-bond donors (Lipinski definition) is 1. The number of nitrogens with zero attached hydrogens (tertiary/aromatic N) is 3. The molecule has 0 aliphatic heterocycles. The standard InChI is InChI=1S/C25H26N4O5/c1-15-7-6-8-18(11-15)29-24(31)23-19(12-16(2)27(23)3)28(25(29)32)14-22(30)26-17-9-10-20(33-4)21(13-17)34-5/h6-13H,14H2,1-5H3,(H,26,30). The van der Waals surface area contributed by atoms with E-state index in [0.717, 1.165) is 15.8 Å². The van der Waals surface area contributed by atoms with Gasteiger partial charge in [0.05, 0.1) is 25.4 Å². The normalized spacial score (nSPS) is 11.0. The molecule has 9 heteroatoms. The second kappa shape index (κ2) is 8.93. The van der Waals surface area contributed by atoms with Gasteiger partial charge in [0.25, 0.3) is 5.56 Å². The highest BCUT2D eigenvalue weighted by Crippen LogP contribution is 2.29. The third kappa shape index (κ3) is 3.96. The molecule has 9 nitrogen and oxygen atoms in total. The lowest BCUT2D eigenvalue weighted by molar-refractivity contribution is -0.116. The van der Waals surface area contributed by atoms with Gasteiger partial charge in [-0.3, -0.25) is 14.2 Å². The number of anilines is 1. The maximum absolute atomic E-state index is 13.5. The summed E-state index contributed by atoms with van der Waals surface area (Å²) < 4.78 is 14.7. The van der Waals surface area contributed by atoms with Gasteiger partial charge in [-0.1, -0.05) is 12.1 Å². The van der Waals surface area contributed by atoms with Gasteiger partial charge in [-0.25, -0.2) is 9.36 Å². The fourth-order valence-corrected chi connectivity index (χ4v) is 3.99. The average Bonchev–Trinajstić information content (AvgIpc) is 3.11. The molecule has 0 unspecified atom stereocenters. The van der Waals surface area contributed by atoms with Crippen molar-refractivity contribution < 1.29 is 14.3 Å². The van der Waals surface area contributed by atoms with Crippen LogP contribution in [0, 0.1) is 13.8 Å². The lowest BCUT2D eigenvalue weighted by atomic mass is 10.2. The van der Waals surface area contributed by atoms with Crippen molar-refractivity contribution in [2.24, 2.45) is 7.05 Å².